The van der Waals surface area contributed by atoms with E-state index in [9.17, 15) is 9.59 Å². The van der Waals surface area contributed by atoms with E-state index in [0.29, 0.717) is 0 Å². The Labute approximate surface area is 165 Å². The maximum absolute atomic E-state index is 13.2. The lowest BCUT2D eigenvalue weighted by Gasteiger charge is -2.21. The molecule has 0 spiro atoms. The number of H-pyrrole nitrogens is 1. The first kappa shape index (κ1) is 19.8. The van der Waals surface area contributed by atoms with Gasteiger partial charge in [-0.15, -0.1) is 0 Å². The molecule has 3 aromatic rings. The van der Waals surface area contributed by atoms with Gasteiger partial charge in [0, 0.05) is 22.3 Å². The Morgan fingerprint density at radius 2 is 1.68 bits per heavy atom. The molecule has 3 rings (SSSR count). The number of hydrogen-bond donors (Lipinski definition) is 3. The number of hydrogen-bond acceptors (Lipinski definition) is 2. The summed E-state index contributed by atoms with van der Waals surface area (Å²) in [5.41, 5.74) is 5.46. The molecule has 0 aliphatic heterocycles. The molecule has 2 aromatic carbocycles. The number of aryl methyl sites for hydroxylation is 3. The van der Waals surface area contributed by atoms with Crippen LogP contribution < -0.4 is 10.2 Å². The van der Waals surface area contributed by atoms with Gasteiger partial charge in [0.25, 0.3) is 5.91 Å². The second-order valence-corrected chi connectivity index (χ2v) is 7.59. The fraction of sp³-hybridized carbons (Fsp3) is 0.304. The van der Waals surface area contributed by atoms with E-state index in [1.807, 2.05) is 77.2 Å². The molecule has 1 unspecified atom stereocenters. The van der Waals surface area contributed by atoms with Crippen LogP contribution in [-0.4, -0.2) is 36.3 Å². The van der Waals surface area contributed by atoms with Crippen LogP contribution in [0.3, 0.4) is 0 Å². The third-order valence-electron chi connectivity index (χ3n) is 5.46. The highest BCUT2D eigenvalue weighted by molar-refractivity contribution is 6.11. The van der Waals surface area contributed by atoms with Gasteiger partial charge in [0.2, 0.25) is 5.78 Å². The van der Waals surface area contributed by atoms with Gasteiger partial charge in [0.1, 0.15) is 6.04 Å². The molecule has 0 radical (unpaired) electrons. The molecule has 0 fully saturated rings. The van der Waals surface area contributed by atoms with Gasteiger partial charge in [-0.1, -0.05) is 36.4 Å². The summed E-state index contributed by atoms with van der Waals surface area (Å²) in [7, 11) is 1.89. The van der Waals surface area contributed by atoms with Crippen LogP contribution in [0.5, 0.6) is 0 Å². The number of likely N-dealkylation sites (N-methyl/N-ethyl adjacent to an activating group) is 1. The smallest absolute Gasteiger partial charge is 0.279 e. The third kappa shape index (κ3) is 3.85. The van der Waals surface area contributed by atoms with Crippen molar-refractivity contribution in [3.8, 4) is 0 Å². The van der Waals surface area contributed by atoms with E-state index in [4.69, 9.17) is 0 Å². The number of anilines is 1. The Bertz CT molecular complexity index is 1020. The molecule has 0 aliphatic carbocycles. The van der Waals surface area contributed by atoms with Crippen molar-refractivity contribution in [2.75, 3.05) is 18.9 Å². The maximum atomic E-state index is 13.2. The van der Waals surface area contributed by atoms with Crippen LogP contribution in [0.4, 0.5) is 5.69 Å². The summed E-state index contributed by atoms with van der Waals surface area (Å²) in [6, 6.07) is 13.4. The molecule has 0 aliphatic rings. The van der Waals surface area contributed by atoms with Gasteiger partial charge in [0.15, 0.2) is 6.54 Å². The molecule has 1 heterocycles. The Morgan fingerprint density at radius 3 is 2.36 bits per heavy atom. The Morgan fingerprint density at radius 1 is 1.04 bits per heavy atom. The molecule has 1 aromatic heterocycles. The maximum Gasteiger partial charge on any atom is 0.279 e. The zero-order valence-electron chi connectivity index (χ0n) is 17.1. The molecule has 5 nitrogen and oxygen atoms in total. The number of rotatable bonds is 6. The molecule has 1 amide bonds. The number of aromatic amines is 1. The lowest BCUT2D eigenvalue weighted by atomic mass is 10.0. The first-order valence-electron chi connectivity index (χ1n) is 9.59. The summed E-state index contributed by atoms with van der Waals surface area (Å²) >= 11 is 0. The van der Waals surface area contributed by atoms with E-state index < -0.39 is 0 Å². The number of nitrogens with one attached hydrogen (secondary N) is 3. The van der Waals surface area contributed by atoms with Gasteiger partial charge >= 0.3 is 0 Å². The van der Waals surface area contributed by atoms with Crippen molar-refractivity contribution in [2.24, 2.45) is 0 Å². The minimum Gasteiger partial charge on any atom is -0.358 e. The first-order chi connectivity index (χ1) is 13.3. The van der Waals surface area contributed by atoms with E-state index in [2.05, 4.69) is 10.3 Å². The van der Waals surface area contributed by atoms with Crippen LogP contribution in [0.15, 0.2) is 42.5 Å². The predicted octanol–water partition coefficient (Wildman–Crippen LogP) is 2.82. The van der Waals surface area contributed by atoms with Crippen molar-refractivity contribution < 1.29 is 14.5 Å². The average Bonchev–Trinajstić information content (AvgIpc) is 2.99. The van der Waals surface area contributed by atoms with Crippen molar-refractivity contribution in [1.82, 2.24) is 4.98 Å². The van der Waals surface area contributed by atoms with Crippen LogP contribution >= 0.6 is 0 Å². The number of ketones is 1. The summed E-state index contributed by atoms with van der Waals surface area (Å²) in [4.78, 5) is 29.9. The lowest BCUT2D eigenvalue weighted by molar-refractivity contribution is -0.885. The number of para-hydroxylation sites is 2. The molecule has 0 bridgehead atoms. The minimum absolute atomic E-state index is 0.0484. The van der Waals surface area contributed by atoms with Crippen molar-refractivity contribution >= 4 is 28.3 Å². The van der Waals surface area contributed by atoms with Gasteiger partial charge in [-0.2, -0.15) is 0 Å². The van der Waals surface area contributed by atoms with Crippen molar-refractivity contribution in [1.29, 1.82) is 0 Å². The molecule has 2 atom stereocenters. The molecule has 5 heteroatoms. The zero-order valence-corrected chi connectivity index (χ0v) is 17.1. The molecule has 0 saturated heterocycles. The number of aromatic nitrogens is 1. The highest BCUT2D eigenvalue weighted by Crippen LogP contribution is 2.23. The lowest BCUT2D eigenvalue weighted by Crippen LogP contribution is -3.14. The van der Waals surface area contributed by atoms with Gasteiger partial charge < -0.3 is 15.2 Å². The highest BCUT2D eigenvalue weighted by atomic mass is 16.2. The molecule has 146 valence electrons. The predicted molar refractivity (Wildman–Crippen MR) is 113 cm³/mol. The van der Waals surface area contributed by atoms with Crippen molar-refractivity contribution in [3.63, 3.8) is 0 Å². The summed E-state index contributed by atoms with van der Waals surface area (Å²) in [5, 5.41) is 3.94. The summed E-state index contributed by atoms with van der Waals surface area (Å²) in [6.45, 7) is 7.98. The van der Waals surface area contributed by atoms with Crippen LogP contribution in [0.2, 0.25) is 0 Å². The van der Waals surface area contributed by atoms with Crippen LogP contribution in [0.1, 0.15) is 34.1 Å². The van der Waals surface area contributed by atoms with Crippen molar-refractivity contribution in [3.05, 3.63) is 64.8 Å². The fourth-order valence-corrected chi connectivity index (χ4v) is 3.64. The number of quaternary nitrogens is 1. The second kappa shape index (κ2) is 7.98. The summed E-state index contributed by atoms with van der Waals surface area (Å²) < 4.78 is 0. The SMILES string of the molecule is Cc1cccc(C)c1NC(=O)C[NH+](C)[C@H](C)C(=O)c1c(C)[nH]c2ccccc12. The normalized spacial score (nSPS) is 13.3. The van der Waals surface area contributed by atoms with Crippen LogP contribution in [-0.2, 0) is 4.79 Å². The Hall–Kier alpha value is -2.92. The molecule has 3 N–H and O–H groups in total. The Kier molecular flexibility index (Phi) is 5.66. The van der Waals surface area contributed by atoms with Crippen LogP contribution in [0.25, 0.3) is 10.9 Å². The number of carbonyl (C=O) groups is 2. The second-order valence-electron chi connectivity index (χ2n) is 7.59. The number of amides is 1. The minimum atomic E-state index is -0.332. The monoisotopic (exact) mass is 378 g/mol. The van der Waals surface area contributed by atoms with E-state index in [-0.39, 0.29) is 24.3 Å². The first-order valence-corrected chi connectivity index (χ1v) is 9.59. The van der Waals surface area contributed by atoms with Crippen molar-refractivity contribution in [2.45, 2.75) is 33.7 Å². The standard InChI is InChI=1S/C23H27N3O2/c1-14-9-8-10-15(2)22(14)25-20(27)13-26(5)17(4)23(28)21-16(3)24-19-12-7-6-11-18(19)21/h6-12,17,24H,13H2,1-5H3,(H,25,27)/p+1/t17-/m1/s1. The highest BCUT2D eigenvalue weighted by Gasteiger charge is 2.28. The van der Waals surface area contributed by atoms with E-state index in [1.165, 1.54) is 0 Å². The van der Waals surface area contributed by atoms with E-state index in [0.717, 1.165) is 43.9 Å². The number of carbonyl (C=O) groups excluding carboxylic acids is 2. The molecular weight excluding hydrogens is 350 g/mol. The summed E-state index contributed by atoms with van der Waals surface area (Å²) in [5.74, 6) is -0.0440. The zero-order chi connectivity index (χ0) is 20.4. The average molecular weight is 378 g/mol. The number of fused-ring (bicyclic) bond motifs is 1. The Balaban J connectivity index is 1.73. The third-order valence-corrected chi connectivity index (χ3v) is 5.46. The van der Waals surface area contributed by atoms with Gasteiger partial charge in [0.05, 0.1) is 12.6 Å². The molecule has 28 heavy (non-hydrogen) atoms. The number of benzene rings is 2. The quantitative estimate of drug-likeness (QED) is 0.578. The summed E-state index contributed by atoms with van der Waals surface area (Å²) in [6.07, 6.45) is 0. The fourth-order valence-electron chi connectivity index (χ4n) is 3.64. The van der Waals surface area contributed by atoms with Crippen LogP contribution in [0, 0.1) is 20.8 Å². The van der Waals surface area contributed by atoms with Gasteiger partial charge in [-0.25, -0.2) is 0 Å². The molecule has 0 saturated carbocycles. The topological polar surface area (TPSA) is 66.4 Å². The van der Waals surface area contributed by atoms with E-state index in [1.54, 1.807) is 0 Å². The largest absolute Gasteiger partial charge is 0.358 e. The molecular formula is C23H28N3O2+. The number of Topliss-reactive ketones (excluding diaryl/α,β-unsaturated/α-hetero) is 1. The van der Waals surface area contributed by atoms with E-state index >= 15 is 0 Å². The van der Waals surface area contributed by atoms with Gasteiger partial charge in [-0.05, 0) is 44.9 Å². The van der Waals surface area contributed by atoms with Gasteiger partial charge in [-0.3, -0.25) is 9.59 Å².